The largest absolute Gasteiger partial charge is 0.489 e. The van der Waals surface area contributed by atoms with Gasteiger partial charge in [0.05, 0.1) is 16.8 Å². The van der Waals surface area contributed by atoms with Crippen molar-refractivity contribution in [1.82, 2.24) is 0 Å². The van der Waals surface area contributed by atoms with Crippen LogP contribution in [-0.4, -0.2) is 11.1 Å². The molecule has 0 saturated carbocycles. The molecule has 7 heteroatoms. The average Bonchev–Trinajstić information content (AvgIpc) is 2.69. The summed E-state index contributed by atoms with van der Waals surface area (Å²) in [5, 5.41) is 14.7. The lowest BCUT2D eigenvalue weighted by Crippen LogP contribution is -1.96. The molecule has 0 aliphatic rings. The van der Waals surface area contributed by atoms with Crippen LogP contribution >= 0.6 is 0 Å². The van der Waals surface area contributed by atoms with Crippen LogP contribution < -0.4 is 10.2 Å². The number of non-ortho nitro benzene ring substituents is 1. The summed E-state index contributed by atoms with van der Waals surface area (Å²) in [6.45, 7) is 0.357. The second-order valence-electron chi connectivity index (χ2n) is 5.66. The van der Waals surface area contributed by atoms with Crippen molar-refractivity contribution >= 4 is 17.6 Å². The monoisotopic (exact) mass is 365 g/mol. The van der Waals surface area contributed by atoms with Gasteiger partial charge in [0.1, 0.15) is 18.2 Å². The number of rotatable bonds is 7. The van der Waals surface area contributed by atoms with Gasteiger partial charge in [0, 0.05) is 12.1 Å². The van der Waals surface area contributed by atoms with Gasteiger partial charge in [-0.25, -0.2) is 4.39 Å². The van der Waals surface area contributed by atoms with Gasteiger partial charge < -0.3 is 4.74 Å². The molecule has 3 aromatic rings. The number of halogens is 1. The van der Waals surface area contributed by atoms with E-state index in [1.165, 1.54) is 24.3 Å². The summed E-state index contributed by atoms with van der Waals surface area (Å²) >= 11 is 0. The number of hydrazone groups is 1. The Kier molecular flexibility index (Phi) is 5.73. The highest BCUT2D eigenvalue weighted by Crippen LogP contribution is 2.16. The molecule has 0 aromatic heterocycles. The van der Waals surface area contributed by atoms with Gasteiger partial charge in [-0.2, -0.15) is 5.10 Å². The fraction of sp³-hybridized carbons (Fsp3) is 0.0500. The molecule has 27 heavy (non-hydrogen) atoms. The molecule has 1 N–H and O–H groups in total. The van der Waals surface area contributed by atoms with Crippen LogP contribution in [0.5, 0.6) is 5.75 Å². The molecule has 0 fully saturated rings. The molecule has 0 amide bonds. The van der Waals surface area contributed by atoms with Gasteiger partial charge in [-0.1, -0.05) is 12.1 Å². The van der Waals surface area contributed by atoms with Crippen LogP contribution in [0.4, 0.5) is 15.8 Å². The SMILES string of the molecule is O=[N+]([O-])c1ccc(NN=Cc2ccc(OCc3ccc(F)cc3)cc2)cc1. The molecule has 0 radical (unpaired) electrons. The van der Waals surface area contributed by atoms with E-state index >= 15 is 0 Å². The number of hydrogen-bond donors (Lipinski definition) is 1. The van der Waals surface area contributed by atoms with Crippen molar-refractivity contribution in [3.8, 4) is 5.75 Å². The van der Waals surface area contributed by atoms with E-state index in [0.717, 1.165) is 11.1 Å². The predicted octanol–water partition coefficient (Wildman–Crippen LogP) is 4.76. The van der Waals surface area contributed by atoms with Crippen molar-refractivity contribution in [2.75, 3.05) is 5.43 Å². The zero-order chi connectivity index (χ0) is 19.1. The van der Waals surface area contributed by atoms with Crippen molar-refractivity contribution in [1.29, 1.82) is 0 Å². The third kappa shape index (κ3) is 5.37. The second kappa shape index (κ2) is 8.57. The van der Waals surface area contributed by atoms with Gasteiger partial charge in [-0.3, -0.25) is 15.5 Å². The normalized spacial score (nSPS) is 10.7. The summed E-state index contributed by atoms with van der Waals surface area (Å²) in [7, 11) is 0. The van der Waals surface area contributed by atoms with Crippen LogP contribution in [0.2, 0.25) is 0 Å². The molecule has 3 aromatic carbocycles. The Morgan fingerprint density at radius 1 is 1.00 bits per heavy atom. The molecule has 0 spiro atoms. The number of nitrogens with one attached hydrogen (secondary N) is 1. The minimum atomic E-state index is -0.452. The third-order valence-electron chi connectivity index (χ3n) is 3.68. The minimum Gasteiger partial charge on any atom is -0.489 e. The Hall–Kier alpha value is -3.74. The highest BCUT2D eigenvalue weighted by Gasteiger charge is 2.03. The van der Waals surface area contributed by atoms with Gasteiger partial charge in [0.15, 0.2) is 0 Å². The van der Waals surface area contributed by atoms with Crippen LogP contribution in [0, 0.1) is 15.9 Å². The Balaban J connectivity index is 1.51. The lowest BCUT2D eigenvalue weighted by molar-refractivity contribution is -0.384. The van der Waals surface area contributed by atoms with Crippen LogP contribution in [0.15, 0.2) is 77.9 Å². The van der Waals surface area contributed by atoms with Crippen molar-refractivity contribution < 1.29 is 14.1 Å². The molecule has 0 unspecified atom stereocenters. The summed E-state index contributed by atoms with van der Waals surface area (Å²) in [5.41, 5.74) is 5.23. The molecule has 136 valence electrons. The Bertz CT molecular complexity index is 924. The van der Waals surface area contributed by atoms with Gasteiger partial charge in [-0.15, -0.1) is 0 Å². The Labute approximate surface area is 155 Å². The lowest BCUT2D eigenvalue weighted by atomic mass is 10.2. The average molecular weight is 365 g/mol. The number of nitrogens with zero attached hydrogens (tertiary/aromatic N) is 2. The molecule has 6 nitrogen and oxygen atoms in total. The summed E-state index contributed by atoms with van der Waals surface area (Å²) in [5.74, 6) is 0.421. The summed E-state index contributed by atoms with van der Waals surface area (Å²) in [4.78, 5) is 10.2. The van der Waals surface area contributed by atoms with Gasteiger partial charge in [0.25, 0.3) is 5.69 Å². The maximum absolute atomic E-state index is 12.9. The maximum Gasteiger partial charge on any atom is 0.269 e. The van der Waals surface area contributed by atoms with E-state index in [2.05, 4.69) is 10.5 Å². The molecule has 0 aliphatic carbocycles. The molecule has 0 bridgehead atoms. The number of benzene rings is 3. The van der Waals surface area contributed by atoms with E-state index in [1.807, 2.05) is 24.3 Å². The first kappa shape index (κ1) is 18.1. The van der Waals surface area contributed by atoms with Crippen LogP contribution in [-0.2, 0) is 6.61 Å². The number of nitro benzene ring substituents is 1. The minimum absolute atomic E-state index is 0.0285. The van der Waals surface area contributed by atoms with Gasteiger partial charge in [-0.05, 0) is 59.7 Å². The van der Waals surface area contributed by atoms with Gasteiger partial charge in [0.2, 0.25) is 0 Å². The number of hydrogen-bond acceptors (Lipinski definition) is 5. The zero-order valence-corrected chi connectivity index (χ0v) is 14.2. The fourth-order valence-electron chi connectivity index (χ4n) is 2.24. The first-order chi connectivity index (χ1) is 13.1. The van der Waals surface area contributed by atoms with Crippen molar-refractivity contribution in [2.45, 2.75) is 6.61 Å². The quantitative estimate of drug-likeness (QED) is 0.372. The fourth-order valence-corrected chi connectivity index (χ4v) is 2.24. The molecule has 0 saturated heterocycles. The highest BCUT2D eigenvalue weighted by atomic mass is 19.1. The van der Waals surface area contributed by atoms with E-state index in [0.29, 0.717) is 18.0 Å². The number of anilines is 1. The topological polar surface area (TPSA) is 76.8 Å². The Morgan fingerprint density at radius 2 is 1.67 bits per heavy atom. The van der Waals surface area contributed by atoms with Crippen LogP contribution in [0.1, 0.15) is 11.1 Å². The summed E-state index contributed by atoms with van der Waals surface area (Å²) in [6.07, 6.45) is 1.63. The third-order valence-corrected chi connectivity index (χ3v) is 3.68. The van der Waals surface area contributed by atoms with E-state index in [1.54, 1.807) is 30.5 Å². The van der Waals surface area contributed by atoms with E-state index in [9.17, 15) is 14.5 Å². The molecule has 0 aliphatic heterocycles. The highest BCUT2D eigenvalue weighted by molar-refractivity contribution is 5.80. The molecule has 0 atom stereocenters. The molecular formula is C20H16FN3O3. The summed E-state index contributed by atoms with van der Waals surface area (Å²) in [6, 6.07) is 19.5. The second-order valence-corrected chi connectivity index (χ2v) is 5.66. The maximum atomic E-state index is 12.9. The van der Waals surface area contributed by atoms with Crippen LogP contribution in [0.3, 0.4) is 0 Å². The van der Waals surface area contributed by atoms with Gasteiger partial charge >= 0.3 is 0 Å². The molecular weight excluding hydrogens is 349 g/mol. The number of ether oxygens (including phenoxy) is 1. The lowest BCUT2D eigenvalue weighted by Gasteiger charge is -2.06. The number of nitro groups is 1. The van der Waals surface area contributed by atoms with Crippen molar-refractivity contribution in [3.05, 3.63) is 99.9 Å². The zero-order valence-electron chi connectivity index (χ0n) is 14.2. The van der Waals surface area contributed by atoms with Crippen molar-refractivity contribution in [2.24, 2.45) is 5.10 Å². The molecule has 3 rings (SSSR count). The standard InChI is InChI=1S/C20H16FN3O3/c21-17-5-1-16(2-6-17)14-27-20-11-3-15(4-12-20)13-22-23-18-7-9-19(10-8-18)24(25)26/h1-13,23H,14H2. The smallest absolute Gasteiger partial charge is 0.269 e. The first-order valence-electron chi connectivity index (χ1n) is 8.11. The molecule has 0 heterocycles. The van der Waals surface area contributed by atoms with Crippen LogP contribution in [0.25, 0.3) is 0 Å². The van der Waals surface area contributed by atoms with E-state index < -0.39 is 4.92 Å². The first-order valence-corrected chi connectivity index (χ1v) is 8.11. The summed E-state index contributed by atoms with van der Waals surface area (Å²) < 4.78 is 18.5. The predicted molar refractivity (Wildman–Crippen MR) is 101 cm³/mol. The van der Waals surface area contributed by atoms with E-state index in [-0.39, 0.29) is 11.5 Å². The van der Waals surface area contributed by atoms with Crippen molar-refractivity contribution in [3.63, 3.8) is 0 Å². The van der Waals surface area contributed by atoms with E-state index in [4.69, 9.17) is 4.74 Å². The Morgan fingerprint density at radius 3 is 2.30 bits per heavy atom.